The first-order chi connectivity index (χ1) is 28.3. The summed E-state index contributed by atoms with van der Waals surface area (Å²) in [6.07, 6.45) is 0. The molecule has 0 atom stereocenters. The Labute approximate surface area is 361 Å². The van der Waals surface area contributed by atoms with Crippen LogP contribution < -0.4 is 5.32 Å². The molecule has 4 N–H and O–H groups in total. The Hall–Kier alpha value is -3.18. The molecular formula is C50H86N6O3. The molecule has 0 saturated carbocycles. The van der Waals surface area contributed by atoms with Gasteiger partial charge in [-0.25, -0.2) is 0 Å². The highest BCUT2D eigenvalue weighted by molar-refractivity contribution is 5.60. The van der Waals surface area contributed by atoms with Gasteiger partial charge in [-0.3, -0.25) is 24.5 Å². The Kier molecular flexibility index (Phi) is 23.1. The van der Waals surface area contributed by atoms with Crippen LogP contribution in [0.3, 0.4) is 0 Å². The Morgan fingerprint density at radius 3 is 0.797 bits per heavy atom. The van der Waals surface area contributed by atoms with E-state index in [1.807, 2.05) is 13.8 Å². The molecule has 0 bridgehead atoms. The number of hydrogen-bond donors (Lipinski definition) is 4. The van der Waals surface area contributed by atoms with Gasteiger partial charge in [-0.15, -0.1) is 0 Å². The Morgan fingerprint density at radius 2 is 0.593 bits per heavy atom. The van der Waals surface area contributed by atoms with Crippen molar-refractivity contribution in [2.75, 3.05) is 72.0 Å². The van der Waals surface area contributed by atoms with E-state index in [0.717, 1.165) is 122 Å². The van der Waals surface area contributed by atoms with E-state index in [0.29, 0.717) is 56.5 Å². The van der Waals surface area contributed by atoms with E-state index in [2.05, 4.69) is 149 Å². The number of nitrogens with one attached hydrogen (secondary N) is 1. The third kappa shape index (κ3) is 13.4. The molecule has 9 nitrogen and oxygen atoms in total. The molecular weight excluding hydrogens is 733 g/mol. The van der Waals surface area contributed by atoms with E-state index in [-0.39, 0.29) is 0 Å². The predicted octanol–water partition coefficient (Wildman–Crippen LogP) is 9.50. The molecule has 3 aromatic carbocycles. The molecule has 0 aliphatic rings. The number of hydrogen-bond acceptors (Lipinski definition) is 9. The molecule has 0 heterocycles. The summed E-state index contributed by atoms with van der Waals surface area (Å²) in [6.45, 7) is 43.5. The van der Waals surface area contributed by atoms with Crippen molar-refractivity contribution in [1.29, 1.82) is 0 Å². The SMILES string of the molecule is CC.CCNCc1cc(C(C)(c2cc(CN(CC)CC)c(O)c(CN(CC)CC)c2)c2cc(CN(CC)CC)c(O)c(CN(CC)CC)c2)cc(CN(CC)CC)c1O. The highest BCUT2D eigenvalue weighted by Gasteiger charge is 2.36. The quantitative estimate of drug-likeness (QED) is 0.0592. The summed E-state index contributed by atoms with van der Waals surface area (Å²) >= 11 is 0. The number of benzene rings is 3. The van der Waals surface area contributed by atoms with Crippen LogP contribution in [0.1, 0.15) is 147 Å². The van der Waals surface area contributed by atoms with Crippen molar-refractivity contribution in [3.8, 4) is 17.2 Å². The van der Waals surface area contributed by atoms with Crippen molar-refractivity contribution in [2.24, 2.45) is 0 Å². The van der Waals surface area contributed by atoms with Gasteiger partial charge < -0.3 is 20.6 Å². The molecule has 3 rings (SSSR count). The fourth-order valence-corrected chi connectivity index (χ4v) is 8.08. The lowest BCUT2D eigenvalue weighted by Crippen LogP contribution is -2.30. The second-order valence-electron chi connectivity index (χ2n) is 15.6. The third-order valence-electron chi connectivity index (χ3n) is 12.5. The molecule has 0 amide bonds. The second kappa shape index (κ2) is 26.2. The van der Waals surface area contributed by atoms with Gasteiger partial charge >= 0.3 is 0 Å². The van der Waals surface area contributed by atoms with E-state index < -0.39 is 5.41 Å². The summed E-state index contributed by atoms with van der Waals surface area (Å²) in [5, 5.41) is 39.5. The highest BCUT2D eigenvalue weighted by atomic mass is 16.3. The zero-order valence-corrected chi connectivity index (χ0v) is 40.1. The fraction of sp³-hybridized carbons (Fsp3) is 0.640. The van der Waals surface area contributed by atoms with Crippen LogP contribution in [0.4, 0.5) is 0 Å². The molecule has 59 heavy (non-hydrogen) atoms. The lowest BCUT2D eigenvalue weighted by atomic mass is 9.68. The minimum atomic E-state index is -0.736. The standard InChI is InChI=1S/C48H80N6O3.C2H6/c1-13-49-30-36-24-42(25-37(45(36)55)31-50(14-2)15-3)48(12,43-26-38(32-51(16-4)17-5)46(56)39(27-43)33-52(18-6)19-7)44-28-40(34-53(20-8)21-9)47(57)41(29-44)35-54(22-10)23-11;1-2/h24-29,49,55-57H,13-23,30-35H2,1-12H3;1-2H3. The van der Waals surface area contributed by atoms with Crippen molar-refractivity contribution in [3.05, 3.63) is 86.5 Å². The molecule has 334 valence electrons. The molecule has 0 aromatic heterocycles. The normalized spacial score (nSPS) is 12.1. The van der Waals surface area contributed by atoms with Crippen molar-refractivity contribution in [3.63, 3.8) is 0 Å². The molecule has 0 aliphatic heterocycles. The van der Waals surface area contributed by atoms with Crippen LogP contribution in [0.15, 0.2) is 36.4 Å². The summed E-state index contributed by atoms with van der Waals surface area (Å²) in [6, 6.07) is 13.4. The first-order valence-corrected chi connectivity index (χ1v) is 23.2. The zero-order chi connectivity index (χ0) is 44.3. The summed E-state index contributed by atoms with van der Waals surface area (Å²) in [7, 11) is 0. The van der Waals surface area contributed by atoms with Crippen LogP contribution in [-0.4, -0.2) is 112 Å². The van der Waals surface area contributed by atoms with Gasteiger partial charge in [0.2, 0.25) is 0 Å². The van der Waals surface area contributed by atoms with Crippen LogP contribution in [0.2, 0.25) is 0 Å². The maximum Gasteiger partial charge on any atom is 0.124 e. The lowest BCUT2D eigenvalue weighted by molar-refractivity contribution is 0.280. The molecule has 0 fully saturated rings. The number of phenolic OH excluding ortho intramolecular Hbond substituents is 3. The lowest BCUT2D eigenvalue weighted by Gasteiger charge is -2.36. The average molecular weight is 819 g/mol. The summed E-state index contributed by atoms with van der Waals surface area (Å²) in [4.78, 5) is 11.8. The molecule has 3 aromatic rings. The first-order valence-electron chi connectivity index (χ1n) is 23.2. The van der Waals surface area contributed by atoms with E-state index in [1.54, 1.807) is 0 Å². The van der Waals surface area contributed by atoms with Crippen LogP contribution >= 0.6 is 0 Å². The maximum absolute atomic E-state index is 12.1. The predicted molar refractivity (Wildman–Crippen MR) is 252 cm³/mol. The summed E-state index contributed by atoms with van der Waals surface area (Å²) < 4.78 is 0. The molecule has 0 spiro atoms. The van der Waals surface area contributed by atoms with E-state index in [9.17, 15) is 15.3 Å². The minimum Gasteiger partial charge on any atom is -0.507 e. The topological polar surface area (TPSA) is 88.9 Å². The molecule has 0 saturated heterocycles. The van der Waals surface area contributed by atoms with E-state index in [4.69, 9.17) is 0 Å². The third-order valence-corrected chi connectivity index (χ3v) is 12.5. The fourth-order valence-electron chi connectivity index (χ4n) is 8.08. The Morgan fingerprint density at radius 1 is 0.390 bits per heavy atom. The summed E-state index contributed by atoms with van der Waals surface area (Å²) in [5.41, 5.74) is 7.99. The van der Waals surface area contributed by atoms with Gasteiger partial charge in [-0.2, -0.15) is 0 Å². The van der Waals surface area contributed by atoms with E-state index >= 15 is 0 Å². The highest BCUT2D eigenvalue weighted by Crippen LogP contribution is 2.46. The summed E-state index contributed by atoms with van der Waals surface area (Å²) in [5.74, 6) is 1.09. The van der Waals surface area contributed by atoms with Crippen LogP contribution in [0.25, 0.3) is 0 Å². The van der Waals surface area contributed by atoms with Gasteiger partial charge in [0.1, 0.15) is 17.2 Å². The zero-order valence-electron chi connectivity index (χ0n) is 40.1. The van der Waals surface area contributed by atoms with Gasteiger partial charge in [0, 0.05) is 78.1 Å². The minimum absolute atomic E-state index is 0.347. The average Bonchev–Trinajstić information content (AvgIpc) is 3.26. The number of aromatic hydroxyl groups is 3. The van der Waals surface area contributed by atoms with Crippen molar-refractivity contribution in [2.45, 2.75) is 142 Å². The second-order valence-corrected chi connectivity index (χ2v) is 15.6. The number of nitrogens with zero attached hydrogens (tertiary/aromatic N) is 5. The molecule has 0 radical (unpaired) electrons. The number of phenols is 3. The van der Waals surface area contributed by atoms with Crippen LogP contribution in [0, 0.1) is 0 Å². The molecule has 0 unspecified atom stereocenters. The van der Waals surface area contributed by atoms with Crippen LogP contribution in [-0.2, 0) is 44.7 Å². The monoisotopic (exact) mass is 819 g/mol. The van der Waals surface area contributed by atoms with Crippen molar-refractivity contribution < 1.29 is 15.3 Å². The number of rotatable bonds is 26. The van der Waals surface area contributed by atoms with Gasteiger partial charge in [-0.1, -0.05) is 90.0 Å². The molecule has 9 heteroatoms. The Balaban J connectivity index is 0.00000590. The largest absolute Gasteiger partial charge is 0.507 e. The van der Waals surface area contributed by atoms with Crippen molar-refractivity contribution >= 4 is 0 Å². The van der Waals surface area contributed by atoms with Crippen molar-refractivity contribution in [1.82, 2.24) is 29.8 Å². The first kappa shape index (κ1) is 52.0. The van der Waals surface area contributed by atoms with Gasteiger partial charge in [0.05, 0.1) is 0 Å². The van der Waals surface area contributed by atoms with Gasteiger partial charge in [0.25, 0.3) is 0 Å². The molecule has 0 aliphatic carbocycles. The van der Waals surface area contributed by atoms with Crippen LogP contribution in [0.5, 0.6) is 17.2 Å². The van der Waals surface area contributed by atoms with E-state index in [1.165, 1.54) is 0 Å². The maximum atomic E-state index is 12.1. The van der Waals surface area contributed by atoms with Gasteiger partial charge in [-0.05, 0) is 132 Å². The van der Waals surface area contributed by atoms with Gasteiger partial charge in [0.15, 0.2) is 0 Å². The smallest absolute Gasteiger partial charge is 0.124 e. The Bertz CT molecular complexity index is 1510.